The van der Waals surface area contributed by atoms with Gasteiger partial charge in [0, 0.05) is 35.7 Å². The van der Waals surface area contributed by atoms with Crippen molar-refractivity contribution >= 4 is 33.8 Å². The first-order valence-corrected chi connectivity index (χ1v) is 15.2. The van der Waals surface area contributed by atoms with Gasteiger partial charge >= 0.3 is 0 Å². The molecule has 7 rings (SSSR count). The average Bonchev–Trinajstić information content (AvgIpc) is 3.56. The first-order chi connectivity index (χ1) is 21.3. The van der Waals surface area contributed by atoms with E-state index in [9.17, 15) is 15.0 Å². The molecule has 1 aliphatic heterocycles. The van der Waals surface area contributed by atoms with Gasteiger partial charge in [-0.2, -0.15) is 0 Å². The molecule has 4 N–H and O–H groups in total. The highest BCUT2D eigenvalue weighted by Crippen LogP contribution is 2.33. The number of fused-ring (bicyclic) bond motifs is 2. The highest BCUT2D eigenvalue weighted by molar-refractivity contribution is 5.86. The van der Waals surface area contributed by atoms with E-state index in [0.717, 1.165) is 25.8 Å². The van der Waals surface area contributed by atoms with Crippen LogP contribution in [0.4, 0.5) is 5.82 Å². The van der Waals surface area contributed by atoms with Gasteiger partial charge in [0.15, 0.2) is 29.3 Å². The topological polar surface area (TPSA) is 139 Å². The summed E-state index contributed by atoms with van der Waals surface area (Å²) in [5, 5.41) is 28.8. The summed E-state index contributed by atoms with van der Waals surface area (Å²) >= 11 is 0. The summed E-state index contributed by atoms with van der Waals surface area (Å²) in [6.45, 7) is 7.90. The third kappa shape index (κ3) is 5.10. The van der Waals surface area contributed by atoms with Gasteiger partial charge in [0.25, 0.3) is 5.91 Å². The van der Waals surface area contributed by atoms with E-state index in [-0.39, 0.29) is 6.04 Å². The Balaban J connectivity index is 1.10. The highest BCUT2D eigenvalue weighted by Gasteiger charge is 2.48. The van der Waals surface area contributed by atoms with Crippen LogP contribution in [0.25, 0.3) is 22.1 Å². The molecule has 2 aromatic carbocycles. The van der Waals surface area contributed by atoms with E-state index in [2.05, 4.69) is 93.4 Å². The number of benzene rings is 2. The van der Waals surface area contributed by atoms with Gasteiger partial charge in [-0.15, -0.1) is 0 Å². The summed E-state index contributed by atoms with van der Waals surface area (Å²) in [6.07, 6.45) is 0.644. The molecule has 4 heterocycles. The number of nitrogens with one attached hydrogen (secondary N) is 2. The molecule has 228 valence electrons. The Kier molecular flexibility index (Phi) is 7.31. The third-order valence-electron chi connectivity index (χ3n) is 8.92. The molecule has 0 unspecified atom stereocenters. The molecule has 4 atom stereocenters. The molecule has 2 aliphatic rings. The molecule has 5 aromatic rings. The summed E-state index contributed by atoms with van der Waals surface area (Å²) in [6, 6.07) is 15.3. The quantitative estimate of drug-likeness (QED) is 0.204. The fourth-order valence-electron chi connectivity index (χ4n) is 6.25. The molecular formula is C33H37N7O4. The molecule has 0 spiro atoms. The number of para-hydroxylation sites is 1. The van der Waals surface area contributed by atoms with Gasteiger partial charge < -0.3 is 30.2 Å². The minimum absolute atomic E-state index is 0.114. The summed E-state index contributed by atoms with van der Waals surface area (Å²) in [5.74, 6) is 0.134. The van der Waals surface area contributed by atoms with Crippen LogP contribution in [0.15, 0.2) is 55.1 Å². The van der Waals surface area contributed by atoms with Gasteiger partial charge in [0.05, 0.1) is 6.33 Å². The maximum atomic E-state index is 12.6. The predicted molar refractivity (Wildman–Crippen MR) is 166 cm³/mol. The van der Waals surface area contributed by atoms with Gasteiger partial charge in [0.1, 0.15) is 18.5 Å². The van der Waals surface area contributed by atoms with Crippen molar-refractivity contribution in [1.29, 1.82) is 0 Å². The van der Waals surface area contributed by atoms with Crippen LogP contribution in [0.1, 0.15) is 47.0 Å². The number of aromatic nitrogens is 5. The first-order valence-electron chi connectivity index (χ1n) is 15.2. The van der Waals surface area contributed by atoms with Crippen molar-refractivity contribution in [2.45, 2.75) is 77.2 Å². The molecule has 1 saturated carbocycles. The number of imidazole rings is 1. The van der Waals surface area contributed by atoms with Gasteiger partial charge in [-0.3, -0.25) is 9.36 Å². The lowest BCUT2D eigenvalue weighted by Crippen LogP contribution is -2.43. The van der Waals surface area contributed by atoms with Crippen LogP contribution in [-0.4, -0.2) is 71.1 Å². The number of carbonyl (C=O) groups is 1. The molecule has 1 amide bonds. The van der Waals surface area contributed by atoms with Crippen molar-refractivity contribution in [3.05, 3.63) is 83.1 Å². The molecule has 44 heavy (non-hydrogen) atoms. The number of aryl methyl sites for hydroxylation is 2. The Morgan fingerprint density at radius 1 is 1.05 bits per heavy atom. The van der Waals surface area contributed by atoms with Crippen molar-refractivity contribution in [1.82, 2.24) is 29.4 Å². The molecule has 11 heteroatoms. The molecule has 0 radical (unpaired) electrons. The van der Waals surface area contributed by atoms with Crippen LogP contribution in [0.2, 0.25) is 0 Å². The van der Waals surface area contributed by atoms with Crippen LogP contribution in [0.3, 0.4) is 0 Å². The van der Waals surface area contributed by atoms with Crippen molar-refractivity contribution in [2.24, 2.45) is 0 Å². The average molecular weight is 596 g/mol. The maximum absolute atomic E-state index is 12.6. The van der Waals surface area contributed by atoms with Gasteiger partial charge in [-0.25, -0.2) is 15.0 Å². The second kappa shape index (κ2) is 11.3. The number of hydrogen-bond acceptors (Lipinski definition) is 8. The minimum Gasteiger partial charge on any atom is -0.387 e. The highest BCUT2D eigenvalue weighted by atomic mass is 16.6. The van der Waals surface area contributed by atoms with E-state index in [1.165, 1.54) is 51.5 Å². The molecule has 1 saturated heterocycles. The lowest BCUT2D eigenvalue weighted by atomic mass is 10.1. The molecule has 2 fully saturated rings. The normalized spacial score (nSPS) is 21.8. The summed E-state index contributed by atoms with van der Waals surface area (Å²) in [7, 11) is 0. The second-order valence-electron chi connectivity index (χ2n) is 12.0. The fraction of sp³-hybridized carbons (Fsp3) is 0.394. The molecule has 0 bridgehead atoms. The molecule has 3 aromatic heterocycles. The third-order valence-corrected chi connectivity index (χ3v) is 8.92. The van der Waals surface area contributed by atoms with Crippen LogP contribution in [0.5, 0.6) is 0 Å². The van der Waals surface area contributed by atoms with Crippen molar-refractivity contribution in [2.75, 3.05) is 11.9 Å². The van der Waals surface area contributed by atoms with Crippen LogP contribution in [0, 0.1) is 20.8 Å². The van der Waals surface area contributed by atoms with Crippen molar-refractivity contribution in [3.63, 3.8) is 0 Å². The number of aliphatic hydroxyl groups is 2. The number of amides is 1. The zero-order chi connectivity index (χ0) is 30.5. The Hall–Kier alpha value is -4.32. The summed E-state index contributed by atoms with van der Waals surface area (Å²) in [4.78, 5) is 25.9. The van der Waals surface area contributed by atoms with E-state index >= 15 is 0 Å². The van der Waals surface area contributed by atoms with Gasteiger partial charge in [0.2, 0.25) is 0 Å². The predicted octanol–water partition coefficient (Wildman–Crippen LogP) is 3.31. The lowest BCUT2D eigenvalue weighted by Gasteiger charge is -2.16. The zero-order valence-electron chi connectivity index (χ0n) is 25.1. The van der Waals surface area contributed by atoms with Crippen molar-refractivity contribution < 1.29 is 19.7 Å². The largest absolute Gasteiger partial charge is 0.387 e. The lowest BCUT2D eigenvalue weighted by molar-refractivity contribution is -0.137. The smallest absolute Gasteiger partial charge is 0.252 e. The number of nitrogens with zero attached hydrogens (tertiary/aromatic N) is 5. The van der Waals surface area contributed by atoms with E-state index in [0.29, 0.717) is 23.5 Å². The number of carbonyl (C=O) groups excluding carboxylic acids is 1. The van der Waals surface area contributed by atoms with E-state index in [1.807, 2.05) is 0 Å². The van der Waals surface area contributed by atoms with Crippen LogP contribution < -0.4 is 10.6 Å². The number of aliphatic hydroxyl groups excluding tert-OH is 2. The van der Waals surface area contributed by atoms with Crippen molar-refractivity contribution in [3.8, 4) is 0 Å². The van der Waals surface area contributed by atoms with Gasteiger partial charge in [-0.05, 0) is 62.8 Å². The molecule has 1 aliphatic carbocycles. The first kappa shape index (κ1) is 28.5. The molecule has 11 nitrogen and oxygen atoms in total. The van der Waals surface area contributed by atoms with Crippen LogP contribution in [-0.2, 0) is 22.5 Å². The Morgan fingerprint density at radius 2 is 1.86 bits per heavy atom. The number of rotatable bonds is 9. The van der Waals surface area contributed by atoms with Gasteiger partial charge in [-0.1, -0.05) is 42.0 Å². The van der Waals surface area contributed by atoms with E-state index in [4.69, 9.17) is 4.74 Å². The fourth-order valence-corrected chi connectivity index (χ4v) is 6.25. The monoisotopic (exact) mass is 595 g/mol. The number of hydrogen-bond donors (Lipinski definition) is 4. The number of ether oxygens (including phenoxy) is 1. The Morgan fingerprint density at radius 3 is 2.68 bits per heavy atom. The minimum atomic E-state index is -1.36. The Bertz CT molecular complexity index is 1860. The van der Waals surface area contributed by atoms with E-state index in [1.54, 1.807) is 4.57 Å². The maximum Gasteiger partial charge on any atom is 0.252 e. The second-order valence-corrected chi connectivity index (χ2v) is 12.0. The summed E-state index contributed by atoms with van der Waals surface area (Å²) < 4.78 is 9.79. The zero-order valence-corrected chi connectivity index (χ0v) is 25.1. The number of anilines is 1. The van der Waals surface area contributed by atoms with Crippen LogP contribution >= 0.6 is 0 Å². The Labute approximate surface area is 254 Å². The van der Waals surface area contributed by atoms with E-state index < -0.39 is 30.4 Å². The molecular weight excluding hydrogens is 558 g/mol. The summed E-state index contributed by atoms with van der Waals surface area (Å²) in [5.41, 5.74) is 8.53. The SMILES string of the molecule is Cc1ccc(C)c(Cn2c(C)c(CCNc3ncnc4c3ncn4[C@@H]3O[C@H](C(=O)NC4CC4)[C@@H](O)[C@H]3O)c3ccccc32)c1. The standard InChI is InChI=1S/C33H37N7O4/c1-18-8-9-19(2)21(14-18)15-39-20(3)23(24-6-4-5-7-25(24)39)12-13-34-30-26-31(36-16-35-30)40(17-37-26)33-28(42)27(41)29(44-33)32(43)38-22-10-11-22/h4-9,14,16-17,22,27-29,33,41-42H,10-13,15H2,1-3H3,(H,38,43)(H,34,35,36)/t27-,28+,29-,33+/m0/s1.